The summed E-state index contributed by atoms with van der Waals surface area (Å²) in [6.07, 6.45) is -1.83. The molecule has 2 heterocycles. The maximum atomic E-state index is 12.4. The Balaban J connectivity index is 1.69. The molecule has 3 aromatic rings. The number of alkyl halides is 3. The molecule has 8 heteroatoms. The van der Waals surface area contributed by atoms with Gasteiger partial charge in [0, 0.05) is 11.6 Å². The lowest BCUT2D eigenvalue weighted by Gasteiger charge is -2.09. The molecular formula is C18H13F3N2O3. The van der Waals surface area contributed by atoms with E-state index in [1.54, 1.807) is 6.07 Å². The average Bonchev–Trinajstić information content (AvgIpc) is 3.11. The molecule has 0 radical (unpaired) electrons. The van der Waals surface area contributed by atoms with Crippen LogP contribution in [-0.2, 0) is 0 Å². The molecule has 5 nitrogen and oxygen atoms in total. The molecule has 0 saturated carbocycles. The van der Waals surface area contributed by atoms with Crippen LogP contribution in [0.5, 0.6) is 5.88 Å². The molecule has 0 aliphatic carbocycles. The number of amides is 1. The minimum atomic E-state index is -4.44. The van der Waals surface area contributed by atoms with Crippen LogP contribution in [0.2, 0.25) is 0 Å². The summed E-state index contributed by atoms with van der Waals surface area (Å²) in [5.41, 5.74) is 1.74. The highest BCUT2D eigenvalue weighted by Crippen LogP contribution is 2.25. The number of hydrogen-bond donors (Lipinski definition) is 1. The van der Waals surface area contributed by atoms with Crippen LogP contribution in [0, 0.1) is 0 Å². The number of furan rings is 1. The highest BCUT2D eigenvalue weighted by molar-refractivity contribution is 6.06. The van der Waals surface area contributed by atoms with Crippen LogP contribution in [0.3, 0.4) is 0 Å². The quantitative estimate of drug-likeness (QED) is 0.724. The zero-order chi connectivity index (χ0) is 18.6. The Labute approximate surface area is 146 Å². The SMILES string of the molecule is O=C(Nc1ccc(OCC(F)(F)F)nc1)c1occc1-c1ccccc1. The summed E-state index contributed by atoms with van der Waals surface area (Å²) in [5.74, 6) is -0.573. The number of nitrogens with zero attached hydrogens (tertiary/aromatic N) is 1. The molecule has 0 bridgehead atoms. The van der Waals surface area contributed by atoms with E-state index in [0.29, 0.717) is 11.3 Å². The van der Waals surface area contributed by atoms with Crippen molar-refractivity contribution in [3.63, 3.8) is 0 Å². The van der Waals surface area contributed by atoms with Crippen LogP contribution in [0.25, 0.3) is 11.1 Å². The van der Waals surface area contributed by atoms with E-state index in [2.05, 4.69) is 15.0 Å². The van der Waals surface area contributed by atoms with Crippen molar-refractivity contribution in [2.45, 2.75) is 6.18 Å². The number of rotatable bonds is 5. The number of nitrogens with one attached hydrogen (secondary N) is 1. The molecule has 0 aliphatic rings. The van der Waals surface area contributed by atoms with Gasteiger partial charge in [-0.2, -0.15) is 13.2 Å². The first-order valence-electron chi connectivity index (χ1n) is 7.52. The van der Waals surface area contributed by atoms with Crippen LogP contribution in [-0.4, -0.2) is 23.7 Å². The maximum Gasteiger partial charge on any atom is 0.422 e. The number of hydrogen-bond acceptors (Lipinski definition) is 4. The Morgan fingerprint density at radius 2 is 1.88 bits per heavy atom. The van der Waals surface area contributed by atoms with Gasteiger partial charge in [0.2, 0.25) is 5.88 Å². The highest BCUT2D eigenvalue weighted by atomic mass is 19.4. The molecule has 1 amide bonds. The van der Waals surface area contributed by atoms with Crippen molar-refractivity contribution in [1.29, 1.82) is 0 Å². The summed E-state index contributed by atoms with van der Waals surface area (Å²) in [7, 11) is 0. The largest absolute Gasteiger partial charge is 0.468 e. The van der Waals surface area contributed by atoms with Gasteiger partial charge in [-0.1, -0.05) is 30.3 Å². The predicted octanol–water partition coefficient (Wildman–Crippen LogP) is 4.54. The van der Waals surface area contributed by atoms with Gasteiger partial charge in [0.25, 0.3) is 5.91 Å². The summed E-state index contributed by atoms with van der Waals surface area (Å²) >= 11 is 0. The van der Waals surface area contributed by atoms with E-state index in [-0.39, 0.29) is 11.6 Å². The van der Waals surface area contributed by atoms with E-state index in [0.717, 1.165) is 5.56 Å². The standard InChI is InChI=1S/C18H13F3N2O3/c19-18(20,21)11-26-15-7-6-13(10-22-15)23-17(24)16-14(8-9-25-16)12-4-2-1-3-5-12/h1-10H,11H2,(H,23,24). The van der Waals surface area contributed by atoms with E-state index >= 15 is 0 Å². The van der Waals surface area contributed by atoms with Gasteiger partial charge in [-0.25, -0.2) is 4.98 Å². The molecule has 2 aromatic heterocycles. The minimum absolute atomic E-state index is 0.119. The zero-order valence-electron chi connectivity index (χ0n) is 13.3. The number of aromatic nitrogens is 1. The van der Waals surface area contributed by atoms with Gasteiger partial charge in [0.05, 0.1) is 18.1 Å². The second-order valence-corrected chi connectivity index (χ2v) is 5.27. The topological polar surface area (TPSA) is 64.4 Å². The molecule has 3 rings (SSSR count). The van der Waals surface area contributed by atoms with Gasteiger partial charge in [0.1, 0.15) is 0 Å². The first kappa shape index (κ1) is 17.5. The molecule has 0 spiro atoms. The molecule has 134 valence electrons. The Hall–Kier alpha value is -3.29. The van der Waals surface area contributed by atoms with Gasteiger partial charge in [0.15, 0.2) is 12.4 Å². The lowest BCUT2D eigenvalue weighted by atomic mass is 10.1. The van der Waals surface area contributed by atoms with E-state index in [9.17, 15) is 18.0 Å². The van der Waals surface area contributed by atoms with Crippen molar-refractivity contribution in [3.05, 3.63) is 66.8 Å². The van der Waals surface area contributed by atoms with Crippen molar-refractivity contribution < 1.29 is 27.1 Å². The third-order valence-corrected chi connectivity index (χ3v) is 3.33. The van der Waals surface area contributed by atoms with E-state index < -0.39 is 18.7 Å². The molecular weight excluding hydrogens is 349 g/mol. The second-order valence-electron chi connectivity index (χ2n) is 5.27. The third-order valence-electron chi connectivity index (χ3n) is 3.33. The van der Waals surface area contributed by atoms with Crippen LogP contribution < -0.4 is 10.1 Å². The summed E-state index contributed by atoms with van der Waals surface area (Å²) in [4.78, 5) is 16.1. The van der Waals surface area contributed by atoms with Crippen LogP contribution in [0.4, 0.5) is 18.9 Å². The molecule has 0 aliphatic heterocycles. The van der Waals surface area contributed by atoms with Gasteiger partial charge in [-0.3, -0.25) is 4.79 Å². The number of benzene rings is 1. The molecule has 26 heavy (non-hydrogen) atoms. The first-order chi connectivity index (χ1) is 12.4. The van der Waals surface area contributed by atoms with Crippen molar-refractivity contribution in [2.24, 2.45) is 0 Å². The maximum absolute atomic E-state index is 12.4. The van der Waals surface area contributed by atoms with Crippen LogP contribution in [0.1, 0.15) is 10.6 Å². The summed E-state index contributed by atoms with van der Waals surface area (Å²) in [6, 6.07) is 13.5. The minimum Gasteiger partial charge on any atom is -0.468 e. The Morgan fingerprint density at radius 3 is 2.54 bits per heavy atom. The van der Waals surface area contributed by atoms with E-state index in [1.165, 1.54) is 24.6 Å². The Morgan fingerprint density at radius 1 is 1.12 bits per heavy atom. The van der Waals surface area contributed by atoms with Gasteiger partial charge in [-0.05, 0) is 17.7 Å². The fourth-order valence-corrected chi connectivity index (χ4v) is 2.21. The van der Waals surface area contributed by atoms with Crippen molar-refractivity contribution in [3.8, 4) is 17.0 Å². The lowest BCUT2D eigenvalue weighted by molar-refractivity contribution is -0.154. The number of pyridine rings is 1. The van der Waals surface area contributed by atoms with Crippen molar-refractivity contribution in [2.75, 3.05) is 11.9 Å². The second kappa shape index (κ2) is 7.30. The summed E-state index contributed by atoms with van der Waals surface area (Å²) in [6.45, 7) is -1.43. The molecule has 1 aromatic carbocycles. The number of ether oxygens (including phenoxy) is 1. The molecule has 0 fully saturated rings. The summed E-state index contributed by atoms with van der Waals surface area (Å²) in [5, 5.41) is 2.58. The average molecular weight is 362 g/mol. The number of anilines is 1. The van der Waals surface area contributed by atoms with Gasteiger partial charge < -0.3 is 14.5 Å². The van der Waals surface area contributed by atoms with E-state index in [1.807, 2.05) is 30.3 Å². The van der Waals surface area contributed by atoms with Gasteiger partial charge >= 0.3 is 6.18 Å². The van der Waals surface area contributed by atoms with Crippen LogP contribution >= 0.6 is 0 Å². The smallest absolute Gasteiger partial charge is 0.422 e. The number of halogens is 3. The molecule has 0 unspecified atom stereocenters. The zero-order valence-corrected chi connectivity index (χ0v) is 13.3. The normalized spacial score (nSPS) is 11.2. The Bertz CT molecular complexity index is 875. The van der Waals surface area contributed by atoms with E-state index in [4.69, 9.17) is 4.42 Å². The van der Waals surface area contributed by atoms with Gasteiger partial charge in [-0.15, -0.1) is 0 Å². The van der Waals surface area contributed by atoms with Crippen LogP contribution in [0.15, 0.2) is 65.4 Å². The fourth-order valence-electron chi connectivity index (χ4n) is 2.21. The number of carbonyl (C=O) groups excluding carboxylic acids is 1. The predicted molar refractivity (Wildman–Crippen MR) is 87.9 cm³/mol. The summed E-state index contributed by atoms with van der Waals surface area (Å²) < 4.78 is 46.1. The third kappa shape index (κ3) is 4.41. The number of carbonyl (C=O) groups is 1. The van der Waals surface area contributed by atoms with Crippen molar-refractivity contribution in [1.82, 2.24) is 4.98 Å². The molecule has 0 atom stereocenters. The monoisotopic (exact) mass is 362 g/mol. The lowest BCUT2D eigenvalue weighted by Crippen LogP contribution is -2.19. The first-order valence-corrected chi connectivity index (χ1v) is 7.52. The highest BCUT2D eigenvalue weighted by Gasteiger charge is 2.28. The molecule has 0 saturated heterocycles. The fraction of sp³-hybridized carbons (Fsp3) is 0.111. The molecule has 1 N–H and O–H groups in total. The van der Waals surface area contributed by atoms with Crippen molar-refractivity contribution >= 4 is 11.6 Å². The Kier molecular flexibility index (Phi) is 4.92.